The summed E-state index contributed by atoms with van der Waals surface area (Å²) in [4.78, 5) is 26.6. The molecule has 1 aliphatic rings. The van der Waals surface area contributed by atoms with E-state index in [-0.39, 0.29) is 12.3 Å². The number of hydrogen-bond donors (Lipinski definition) is 1. The van der Waals surface area contributed by atoms with Gasteiger partial charge in [-0.1, -0.05) is 6.92 Å². The molecule has 0 aromatic heterocycles. The summed E-state index contributed by atoms with van der Waals surface area (Å²) in [5.74, 6) is -1.43. The van der Waals surface area contributed by atoms with E-state index in [2.05, 4.69) is 4.90 Å². The van der Waals surface area contributed by atoms with E-state index in [1.54, 1.807) is 11.8 Å². The second-order valence-electron chi connectivity index (χ2n) is 4.33. The molecule has 1 rings (SSSR count). The third kappa shape index (κ3) is 3.48. The molecule has 0 radical (unpaired) electrons. The molecule has 1 atom stereocenters. The van der Waals surface area contributed by atoms with Gasteiger partial charge in [0.15, 0.2) is 0 Å². The number of carboxylic acids is 1. The zero-order chi connectivity index (χ0) is 12.1. The molecule has 1 aliphatic heterocycles. The van der Waals surface area contributed by atoms with Gasteiger partial charge in [0.25, 0.3) is 0 Å². The standard InChI is InChI=1S/C11H20N2O3/c1-3-9(11(15)16)8-10(14)13-6-4-12(2)5-7-13/h9H,3-8H2,1-2H3,(H,15,16). The number of piperazine rings is 1. The predicted molar refractivity (Wildman–Crippen MR) is 60.1 cm³/mol. The maximum atomic E-state index is 11.8. The number of likely N-dealkylation sites (N-methyl/N-ethyl adjacent to an activating group) is 1. The minimum absolute atomic E-state index is 0.0256. The Balaban J connectivity index is 2.42. The summed E-state index contributed by atoms with van der Waals surface area (Å²) in [6.45, 7) is 4.97. The van der Waals surface area contributed by atoms with Gasteiger partial charge in [-0.15, -0.1) is 0 Å². The van der Waals surface area contributed by atoms with E-state index < -0.39 is 11.9 Å². The van der Waals surface area contributed by atoms with E-state index >= 15 is 0 Å². The number of hydrogen-bond acceptors (Lipinski definition) is 3. The van der Waals surface area contributed by atoms with Gasteiger partial charge in [0.2, 0.25) is 5.91 Å². The highest BCUT2D eigenvalue weighted by molar-refractivity contribution is 5.82. The van der Waals surface area contributed by atoms with Crippen LogP contribution in [0.25, 0.3) is 0 Å². The minimum atomic E-state index is -0.870. The van der Waals surface area contributed by atoms with Gasteiger partial charge in [-0.25, -0.2) is 0 Å². The number of carbonyl (C=O) groups excluding carboxylic acids is 1. The van der Waals surface area contributed by atoms with Crippen molar-refractivity contribution in [2.24, 2.45) is 5.92 Å². The average Bonchev–Trinajstić information content (AvgIpc) is 2.26. The Morgan fingerprint density at radius 3 is 2.25 bits per heavy atom. The molecular weight excluding hydrogens is 208 g/mol. The number of amides is 1. The molecule has 1 saturated heterocycles. The van der Waals surface area contributed by atoms with Gasteiger partial charge >= 0.3 is 5.97 Å². The van der Waals surface area contributed by atoms with Crippen LogP contribution in [0.4, 0.5) is 0 Å². The van der Waals surface area contributed by atoms with Crippen molar-refractivity contribution in [1.82, 2.24) is 9.80 Å². The fraction of sp³-hybridized carbons (Fsp3) is 0.818. The Morgan fingerprint density at radius 2 is 1.81 bits per heavy atom. The van der Waals surface area contributed by atoms with Crippen molar-refractivity contribution in [2.75, 3.05) is 33.2 Å². The summed E-state index contributed by atoms with van der Waals surface area (Å²) < 4.78 is 0. The number of nitrogens with zero attached hydrogens (tertiary/aromatic N) is 2. The quantitative estimate of drug-likeness (QED) is 0.750. The lowest BCUT2D eigenvalue weighted by Crippen LogP contribution is -2.47. The van der Waals surface area contributed by atoms with E-state index in [0.29, 0.717) is 19.5 Å². The summed E-state index contributed by atoms with van der Waals surface area (Å²) in [7, 11) is 2.02. The molecule has 5 nitrogen and oxygen atoms in total. The molecule has 0 saturated carbocycles. The van der Waals surface area contributed by atoms with Crippen molar-refractivity contribution in [3.8, 4) is 0 Å². The zero-order valence-corrected chi connectivity index (χ0v) is 9.98. The van der Waals surface area contributed by atoms with Gasteiger partial charge < -0.3 is 14.9 Å². The molecule has 1 amide bonds. The molecule has 0 aliphatic carbocycles. The second-order valence-corrected chi connectivity index (χ2v) is 4.33. The molecule has 1 unspecified atom stereocenters. The van der Waals surface area contributed by atoms with E-state index in [9.17, 15) is 9.59 Å². The normalized spacial score (nSPS) is 19.5. The van der Waals surface area contributed by atoms with E-state index in [4.69, 9.17) is 5.11 Å². The largest absolute Gasteiger partial charge is 0.481 e. The lowest BCUT2D eigenvalue weighted by molar-refractivity contribution is -0.146. The number of carbonyl (C=O) groups is 2. The van der Waals surface area contributed by atoms with Crippen LogP contribution in [0.5, 0.6) is 0 Å². The summed E-state index contributed by atoms with van der Waals surface area (Å²) in [6, 6.07) is 0. The van der Waals surface area contributed by atoms with Crippen LogP contribution in [0.2, 0.25) is 0 Å². The van der Waals surface area contributed by atoms with Gasteiger partial charge in [-0.2, -0.15) is 0 Å². The smallest absolute Gasteiger partial charge is 0.307 e. The molecule has 0 spiro atoms. The van der Waals surface area contributed by atoms with Crippen LogP contribution >= 0.6 is 0 Å². The summed E-state index contributed by atoms with van der Waals surface area (Å²) in [5, 5.41) is 8.88. The van der Waals surface area contributed by atoms with Gasteiger partial charge in [-0.3, -0.25) is 9.59 Å². The van der Waals surface area contributed by atoms with Gasteiger partial charge in [0.05, 0.1) is 5.92 Å². The van der Waals surface area contributed by atoms with Crippen LogP contribution in [-0.2, 0) is 9.59 Å². The van der Waals surface area contributed by atoms with E-state index in [1.807, 2.05) is 7.05 Å². The molecule has 0 aromatic rings. The monoisotopic (exact) mass is 228 g/mol. The summed E-state index contributed by atoms with van der Waals surface area (Å²) >= 11 is 0. The van der Waals surface area contributed by atoms with Crippen molar-refractivity contribution >= 4 is 11.9 Å². The number of rotatable bonds is 4. The van der Waals surface area contributed by atoms with Crippen LogP contribution in [0.1, 0.15) is 19.8 Å². The first-order chi connectivity index (χ1) is 7.54. The Morgan fingerprint density at radius 1 is 1.25 bits per heavy atom. The maximum absolute atomic E-state index is 11.8. The van der Waals surface area contributed by atoms with Crippen LogP contribution in [0.15, 0.2) is 0 Å². The average molecular weight is 228 g/mol. The van der Waals surface area contributed by atoms with Crippen LogP contribution in [-0.4, -0.2) is 60.0 Å². The van der Waals surface area contributed by atoms with Crippen molar-refractivity contribution in [3.63, 3.8) is 0 Å². The lowest BCUT2D eigenvalue weighted by atomic mass is 10.0. The first kappa shape index (κ1) is 13.0. The molecule has 0 aromatic carbocycles. The lowest BCUT2D eigenvalue weighted by Gasteiger charge is -2.32. The predicted octanol–water partition coefficient (Wildman–Crippen LogP) is 0.261. The second kappa shape index (κ2) is 5.84. The van der Waals surface area contributed by atoms with Crippen LogP contribution in [0.3, 0.4) is 0 Å². The third-order valence-electron chi connectivity index (χ3n) is 3.12. The minimum Gasteiger partial charge on any atom is -0.481 e. The highest BCUT2D eigenvalue weighted by Crippen LogP contribution is 2.12. The van der Waals surface area contributed by atoms with Gasteiger partial charge in [0.1, 0.15) is 0 Å². The maximum Gasteiger partial charge on any atom is 0.307 e. The Labute approximate surface area is 96.0 Å². The fourth-order valence-corrected chi connectivity index (χ4v) is 1.80. The van der Waals surface area contributed by atoms with Crippen molar-refractivity contribution in [1.29, 1.82) is 0 Å². The molecular formula is C11H20N2O3. The first-order valence-electron chi connectivity index (χ1n) is 5.73. The molecule has 1 heterocycles. The number of aliphatic carboxylic acids is 1. The first-order valence-corrected chi connectivity index (χ1v) is 5.73. The van der Waals surface area contributed by atoms with Crippen molar-refractivity contribution in [3.05, 3.63) is 0 Å². The molecule has 0 bridgehead atoms. The molecule has 5 heteroatoms. The van der Waals surface area contributed by atoms with E-state index in [1.165, 1.54) is 0 Å². The molecule has 16 heavy (non-hydrogen) atoms. The van der Waals surface area contributed by atoms with E-state index in [0.717, 1.165) is 13.1 Å². The zero-order valence-electron chi connectivity index (χ0n) is 9.98. The molecule has 1 N–H and O–H groups in total. The molecule has 92 valence electrons. The highest BCUT2D eigenvalue weighted by atomic mass is 16.4. The van der Waals surface area contributed by atoms with Crippen molar-refractivity contribution < 1.29 is 14.7 Å². The van der Waals surface area contributed by atoms with Crippen LogP contribution < -0.4 is 0 Å². The van der Waals surface area contributed by atoms with Gasteiger partial charge in [0, 0.05) is 32.6 Å². The van der Waals surface area contributed by atoms with Crippen LogP contribution in [0, 0.1) is 5.92 Å². The Bertz CT molecular complexity index is 260. The fourth-order valence-electron chi connectivity index (χ4n) is 1.80. The Kier molecular flexibility index (Phi) is 4.73. The molecule has 1 fully saturated rings. The summed E-state index contributed by atoms with van der Waals surface area (Å²) in [6.07, 6.45) is 0.643. The number of carboxylic acid groups (broad SMARTS) is 1. The van der Waals surface area contributed by atoms with Gasteiger partial charge in [-0.05, 0) is 13.5 Å². The topological polar surface area (TPSA) is 60.9 Å². The SMILES string of the molecule is CCC(CC(=O)N1CCN(C)CC1)C(=O)O. The van der Waals surface area contributed by atoms with Crippen molar-refractivity contribution in [2.45, 2.75) is 19.8 Å². The summed E-state index contributed by atoms with van der Waals surface area (Å²) in [5.41, 5.74) is 0. The highest BCUT2D eigenvalue weighted by Gasteiger charge is 2.24. The Hall–Kier alpha value is -1.10. The third-order valence-corrected chi connectivity index (χ3v) is 3.12.